The Morgan fingerprint density at radius 1 is 1.18 bits per heavy atom. The summed E-state index contributed by atoms with van der Waals surface area (Å²) in [6.07, 6.45) is 0.410. The van der Waals surface area contributed by atoms with Crippen LogP contribution in [0.1, 0.15) is 37.6 Å². The molecule has 1 aliphatic heterocycles. The zero-order chi connectivity index (χ0) is 16.2. The second-order valence-electron chi connectivity index (χ2n) is 6.74. The van der Waals surface area contributed by atoms with E-state index >= 15 is 0 Å². The van der Waals surface area contributed by atoms with Crippen LogP contribution in [-0.4, -0.2) is 43.0 Å². The lowest BCUT2D eigenvalue weighted by Gasteiger charge is -2.27. The van der Waals surface area contributed by atoms with Crippen molar-refractivity contribution < 1.29 is 14.3 Å². The number of ether oxygens (including phenoxy) is 1. The Bertz CT molecular complexity index is 543. The van der Waals surface area contributed by atoms with Crippen LogP contribution in [0.4, 0.5) is 5.69 Å². The van der Waals surface area contributed by atoms with Gasteiger partial charge >= 0.3 is 0 Å². The molecular weight excluding hydrogens is 280 g/mol. The number of nitrogens with one attached hydrogen (secondary N) is 1. The summed E-state index contributed by atoms with van der Waals surface area (Å²) in [7, 11) is 0. The average molecular weight is 304 g/mol. The molecule has 1 N–H and O–H groups in total. The minimum absolute atomic E-state index is 0.0602. The van der Waals surface area contributed by atoms with Crippen LogP contribution in [-0.2, 0) is 9.53 Å². The molecule has 0 radical (unpaired) electrons. The van der Waals surface area contributed by atoms with Crippen LogP contribution in [0.15, 0.2) is 24.3 Å². The molecule has 0 atom stereocenters. The minimum atomic E-state index is -0.0900. The second-order valence-corrected chi connectivity index (χ2v) is 6.74. The Kier molecular flexibility index (Phi) is 5.19. The first-order valence-corrected chi connectivity index (χ1v) is 7.63. The molecule has 0 aliphatic carbocycles. The summed E-state index contributed by atoms with van der Waals surface area (Å²) in [4.78, 5) is 26.5. The monoisotopic (exact) mass is 304 g/mol. The summed E-state index contributed by atoms with van der Waals surface area (Å²) in [6, 6.07) is 7.16. The van der Waals surface area contributed by atoms with E-state index in [-0.39, 0.29) is 17.2 Å². The van der Waals surface area contributed by atoms with E-state index in [1.54, 1.807) is 17.0 Å². The molecule has 0 spiro atoms. The number of morpholine rings is 1. The van der Waals surface area contributed by atoms with Gasteiger partial charge in [0, 0.05) is 19.5 Å². The van der Waals surface area contributed by atoms with E-state index < -0.39 is 0 Å². The van der Waals surface area contributed by atoms with Gasteiger partial charge in [0.2, 0.25) is 5.91 Å². The number of hydrogen-bond acceptors (Lipinski definition) is 3. The molecule has 2 amide bonds. The molecule has 2 rings (SSSR count). The van der Waals surface area contributed by atoms with Gasteiger partial charge in [-0.1, -0.05) is 32.9 Å². The molecule has 5 heteroatoms. The van der Waals surface area contributed by atoms with Crippen molar-refractivity contribution in [1.82, 2.24) is 4.90 Å². The van der Waals surface area contributed by atoms with Crippen LogP contribution in [0.5, 0.6) is 0 Å². The molecule has 1 aromatic rings. The Hall–Kier alpha value is -1.88. The first kappa shape index (κ1) is 16.5. The Balaban J connectivity index is 2.12. The molecule has 1 saturated heterocycles. The van der Waals surface area contributed by atoms with Crippen molar-refractivity contribution in [3.8, 4) is 0 Å². The first-order valence-electron chi connectivity index (χ1n) is 7.63. The van der Waals surface area contributed by atoms with Crippen molar-refractivity contribution in [3.05, 3.63) is 29.8 Å². The minimum Gasteiger partial charge on any atom is -0.378 e. The third-order valence-electron chi connectivity index (χ3n) is 3.42. The van der Waals surface area contributed by atoms with Gasteiger partial charge in [0.25, 0.3) is 5.91 Å². The van der Waals surface area contributed by atoms with Gasteiger partial charge < -0.3 is 15.0 Å². The average Bonchev–Trinajstić information content (AvgIpc) is 2.46. The summed E-state index contributed by atoms with van der Waals surface area (Å²) < 4.78 is 5.27. The molecule has 1 fully saturated rings. The van der Waals surface area contributed by atoms with Crippen LogP contribution in [0, 0.1) is 5.41 Å². The van der Waals surface area contributed by atoms with Gasteiger partial charge in [-0.15, -0.1) is 0 Å². The number of anilines is 1. The van der Waals surface area contributed by atoms with Gasteiger partial charge in [-0.05, 0) is 17.5 Å². The van der Waals surface area contributed by atoms with E-state index in [1.165, 1.54) is 0 Å². The third kappa shape index (κ3) is 4.56. The smallest absolute Gasteiger partial charge is 0.256 e. The molecule has 0 saturated carbocycles. The van der Waals surface area contributed by atoms with Crippen molar-refractivity contribution in [2.24, 2.45) is 5.41 Å². The van der Waals surface area contributed by atoms with Gasteiger partial charge in [0.1, 0.15) is 0 Å². The predicted octanol–water partition coefficient (Wildman–Crippen LogP) is 2.53. The molecule has 1 heterocycles. The summed E-state index contributed by atoms with van der Waals surface area (Å²) in [5.41, 5.74) is 1.02. The fourth-order valence-corrected chi connectivity index (χ4v) is 2.39. The number of benzene rings is 1. The lowest BCUT2D eigenvalue weighted by atomic mass is 9.92. The Morgan fingerprint density at radius 2 is 1.82 bits per heavy atom. The van der Waals surface area contributed by atoms with Gasteiger partial charge in [-0.25, -0.2) is 0 Å². The van der Waals surface area contributed by atoms with Crippen molar-refractivity contribution in [2.75, 3.05) is 31.6 Å². The molecular formula is C17H24N2O3. The number of nitrogens with zero attached hydrogens (tertiary/aromatic N) is 1. The van der Waals surface area contributed by atoms with E-state index in [0.717, 1.165) is 0 Å². The SMILES string of the molecule is CC(C)(C)CC(=O)Nc1ccccc1C(=O)N1CCOCC1. The maximum atomic E-state index is 12.6. The summed E-state index contributed by atoms with van der Waals surface area (Å²) in [5, 5.41) is 2.87. The molecule has 22 heavy (non-hydrogen) atoms. The number of rotatable bonds is 3. The van der Waals surface area contributed by atoms with E-state index in [2.05, 4.69) is 5.32 Å². The lowest BCUT2D eigenvalue weighted by molar-refractivity contribution is -0.117. The number of amides is 2. The van der Waals surface area contributed by atoms with Crippen LogP contribution >= 0.6 is 0 Å². The van der Waals surface area contributed by atoms with Crippen molar-refractivity contribution in [3.63, 3.8) is 0 Å². The highest BCUT2D eigenvalue weighted by molar-refractivity contribution is 6.03. The lowest BCUT2D eigenvalue weighted by Crippen LogP contribution is -2.41. The normalized spacial score (nSPS) is 15.5. The third-order valence-corrected chi connectivity index (χ3v) is 3.42. The quantitative estimate of drug-likeness (QED) is 0.933. The standard InChI is InChI=1S/C17H24N2O3/c1-17(2,3)12-15(20)18-14-7-5-4-6-13(14)16(21)19-8-10-22-11-9-19/h4-7H,8-12H2,1-3H3,(H,18,20). The summed E-state index contributed by atoms with van der Waals surface area (Å²) in [5.74, 6) is -0.135. The Morgan fingerprint density at radius 3 is 2.45 bits per heavy atom. The van der Waals surface area contributed by atoms with E-state index in [4.69, 9.17) is 4.74 Å². The summed E-state index contributed by atoms with van der Waals surface area (Å²) >= 11 is 0. The maximum absolute atomic E-state index is 12.6. The first-order chi connectivity index (χ1) is 10.4. The maximum Gasteiger partial charge on any atom is 0.256 e. The van der Waals surface area contributed by atoms with E-state index in [0.29, 0.717) is 44.0 Å². The van der Waals surface area contributed by atoms with Crippen LogP contribution in [0.25, 0.3) is 0 Å². The highest BCUT2D eigenvalue weighted by atomic mass is 16.5. The van der Waals surface area contributed by atoms with E-state index in [9.17, 15) is 9.59 Å². The highest BCUT2D eigenvalue weighted by Crippen LogP contribution is 2.22. The van der Waals surface area contributed by atoms with Gasteiger partial charge in [0.05, 0.1) is 24.5 Å². The van der Waals surface area contributed by atoms with Crippen LogP contribution in [0.3, 0.4) is 0 Å². The summed E-state index contributed by atoms with van der Waals surface area (Å²) in [6.45, 7) is 8.33. The largest absolute Gasteiger partial charge is 0.378 e. The van der Waals surface area contributed by atoms with Crippen molar-refractivity contribution >= 4 is 17.5 Å². The second kappa shape index (κ2) is 6.92. The number of para-hydroxylation sites is 1. The molecule has 1 aliphatic rings. The Labute approximate surface area is 131 Å². The van der Waals surface area contributed by atoms with Gasteiger partial charge in [-0.3, -0.25) is 9.59 Å². The topological polar surface area (TPSA) is 58.6 Å². The van der Waals surface area contributed by atoms with Crippen LogP contribution < -0.4 is 5.32 Å². The fourth-order valence-electron chi connectivity index (χ4n) is 2.39. The van der Waals surface area contributed by atoms with Crippen molar-refractivity contribution in [1.29, 1.82) is 0 Å². The van der Waals surface area contributed by atoms with Crippen LogP contribution in [0.2, 0.25) is 0 Å². The molecule has 1 aromatic carbocycles. The molecule has 120 valence electrons. The van der Waals surface area contributed by atoms with E-state index in [1.807, 2.05) is 32.9 Å². The highest BCUT2D eigenvalue weighted by Gasteiger charge is 2.22. The number of hydrogen-bond donors (Lipinski definition) is 1. The van der Waals surface area contributed by atoms with Crippen molar-refractivity contribution in [2.45, 2.75) is 27.2 Å². The van der Waals surface area contributed by atoms with Gasteiger partial charge in [-0.2, -0.15) is 0 Å². The zero-order valence-electron chi connectivity index (χ0n) is 13.5. The fraction of sp³-hybridized carbons (Fsp3) is 0.529. The number of carbonyl (C=O) groups is 2. The van der Waals surface area contributed by atoms with Gasteiger partial charge in [0.15, 0.2) is 0 Å². The molecule has 5 nitrogen and oxygen atoms in total. The predicted molar refractivity (Wildman–Crippen MR) is 85.9 cm³/mol. The molecule has 0 unspecified atom stereocenters. The molecule has 0 bridgehead atoms. The molecule has 0 aromatic heterocycles. The number of carbonyl (C=O) groups excluding carboxylic acids is 2. The zero-order valence-corrected chi connectivity index (χ0v) is 13.5.